The summed E-state index contributed by atoms with van der Waals surface area (Å²) in [5, 5.41) is 12.3. The molecule has 0 heterocycles. The maximum absolute atomic E-state index is 10.4. The van der Waals surface area contributed by atoms with Crippen molar-refractivity contribution < 1.29 is 9.90 Å². The topological polar surface area (TPSA) is 61.7 Å². The van der Waals surface area contributed by atoms with Gasteiger partial charge < -0.3 is 10.5 Å². The number of hydrogen-bond donors (Lipinski definition) is 2. The van der Waals surface area contributed by atoms with E-state index in [0.717, 1.165) is 13.0 Å². The maximum Gasteiger partial charge on any atom is 0.351 e. The molecule has 0 aromatic heterocycles. The minimum absolute atomic E-state index is 0.110. The van der Waals surface area contributed by atoms with Crippen LogP contribution in [0.15, 0.2) is 5.10 Å². The number of rotatable bonds is 9. The molecule has 0 rings (SSSR count). The van der Waals surface area contributed by atoms with Gasteiger partial charge in [-0.15, -0.1) is 0 Å². The third kappa shape index (κ3) is 8.26. The standard InChI is InChI=1S/C12H24N2O2/c1-4-5-6-7-10(2)8-9-13-14-11(3)12(15)16/h10,13H,4-9H2,1-3H3,(H,15,16). The van der Waals surface area contributed by atoms with Crippen LogP contribution in [-0.2, 0) is 4.79 Å². The summed E-state index contributed by atoms with van der Waals surface area (Å²) < 4.78 is 0. The molecule has 0 saturated carbocycles. The van der Waals surface area contributed by atoms with Crippen molar-refractivity contribution in [1.82, 2.24) is 5.43 Å². The molecule has 0 bridgehead atoms. The van der Waals surface area contributed by atoms with Gasteiger partial charge in [0.15, 0.2) is 0 Å². The highest BCUT2D eigenvalue weighted by atomic mass is 16.4. The Bertz CT molecular complexity index is 227. The van der Waals surface area contributed by atoms with Crippen LogP contribution in [0.1, 0.15) is 52.9 Å². The fourth-order valence-electron chi connectivity index (χ4n) is 1.42. The van der Waals surface area contributed by atoms with Crippen LogP contribution in [-0.4, -0.2) is 23.3 Å². The quantitative estimate of drug-likeness (QED) is 0.362. The lowest BCUT2D eigenvalue weighted by atomic mass is 10.0. The number of nitrogens with one attached hydrogen (secondary N) is 1. The summed E-state index contributed by atoms with van der Waals surface area (Å²) in [6.45, 7) is 6.67. The van der Waals surface area contributed by atoms with Crippen LogP contribution in [0.3, 0.4) is 0 Å². The number of carbonyl (C=O) groups is 1. The van der Waals surface area contributed by atoms with Gasteiger partial charge in [0.25, 0.3) is 0 Å². The molecule has 0 fully saturated rings. The van der Waals surface area contributed by atoms with Gasteiger partial charge in [0, 0.05) is 6.54 Å². The molecule has 0 aromatic carbocycles. The van der Waals surface area contributed by atoms with E-state index in [1.54, 1.807) is 0 Å². The van der Waals surface area contributed by atoms with E-state index in [2.05, 4.69) is 24.4 Å². The van der Waals surface area contributed by atoms with Crippen molar-refractivity contribution in [2.45, 2.75) is 52.9 Å². The molecule has 16 heavy (non-hydrogen) atoms. The minimum atomic E-state index is -0.969. The van der Waals surface area contributed by atoms with Gasteiger partial charge in [-0.2, -0.15) is 5.10 Å². The molecular weight excluding hydrogens is 204 g/mol. The lowest BCUT2D eigenvalue weighted by molar-refractivity contribution is -0.129. The van der Waals surface area contributed by atoms with Crippen LogP contribution in [0.25, 0.3) is 0 Å². The van der Waals surface area contributed by atoms with Gasteiger partial charge >= 0.3 is 5.97 Å². The summed E-state index contributed by atoms with van der Waals surface area (Å²) in [6.07, 6.45) is 6.13. The van der Waals surface area contributed by atoms with Crippen LogP contribution in [0, 0.1) is 5.92 Å². The average Bonchev–Trinajstić information content (AvgIpc) is 2.24. The molecular formula is C12H24N2O2. The Morgan fingerprint density at radius 3 is 2.62 bits per heavy atom. The minimum Gasteiger partial charge on any atom is -0.477 e. The number of carboxylic acid groups (broad SMARTS) is 1. The Balaban J connectivity index is 3.51. The fraction of sp³-hybridized carbons (Fsp3) is 0.833. The van der Waals surface area contributed by atoms with Gasteiger partial charge in [0.2, 0.25) is 0 Å². The Hall–Kier alpha value is -1.06. The van der Waals surface area contributed by atoms with Crippen molar-refractivity contribution in [2.75, 3.05) is 6.54 Å². The third-order valence-electron chi connectivity index (χ3n) is 2.61. The molecule has 0 aromatic rings. The zero-order valence-electron chi connectivity index (χ0n) is 10.6. The zero-order valence-corrected chi connectivity index (χ0v) is 10.6. The third-order valence-corrected chi connectivity index (χ3v) is 2.61. The highest BCUT2D eigenvalue weighted by Crippen LogP contribution is 2.11. The summed E-state index contributed by atoms with van der Waals surface area (Å²) in [6, 6.07) is 0. The molecule has 1 unspecified atom stereocenters. The van der Waals surface area contributed by atoms with Crippen molar-refractivity contribution in [2.24, 2.45) is 11.0 Å². The van der Waals surface area contributed by atoms with Crippen LogP contribution < -0.4 is 5.43 Å². The fourth-order valence-corrected chi connectivity index (χ4v) is 1.42. The average molecular weight is 228 g/mol. The van der Waals surface area contributed by atoms with E-state index < -0.39 is 5.97 Å². The van der Waals surface area contributed by atoms with Gasteiger partial charge in [-0.25, -0.2) is 4.79 Å². The first-order valence-corrected chi connectivity index (χ1v) is 6.08. The van der Waals surface area contributed by atoms with Gasteiger partial charge in [0.1, 0.15) is 5.71 Å². The van der Waals surface area contributed by atoms with Crippen molar-refractivity contribution in [3.05, 3.63) is 0 Å². The first-order chi connectivity index (χ1) is 7.57. The van der Waals surface area contributed by atoms with Crippen LogP contribution in [0.2, 0.25) is 0 Å². The molecule has 0 saturated heterocycles. The van der Waals surface area contributed by atoms with E-state index in [1.165, 1.54) is 32.6 Å². The Kier molecular flexibility index (Phi) is 8.58. The largest absolute Gasteiger partial charge is 0.477 e. The van der Waals surface area contributed by atoms with Crippen molar-refractivity contribution in [3.8, 4) is 0 Å². The van der Waals surface area contributed by atoms with Gasteiger partial charge in [-0.1, -0.05) is 39.5 Å². The van der Waals surface area contributed by atoms with E-state index in [-0.39, 0.29) is 5.71 Å². The van der Waals surface area contributed by atoms with Crippen LogP contribution >= 0.6 is 0 Å². The number of aliphatic carboxylic acids is 1. The highest BCUT2D eigenvalue weighted by molar-refractivity contribution is 6.34. The molecule has 4 heteroatoms. The smallest absolute Gasteiger partial charge is 0.351 e. The summed E-state index contributed by atoms with van der Waals surface area (Å²) in [4.78, 5) is 10.4. The highest BCUT2D eigenvalue weighted by Gasteiger charge is 2.02. The van der Waals surface area contributed by atoms with E-state index in [0.29, 0.717) is 5.92 Å². The zero-order chi connectivity index (χ0) is 12.4. The normalized spacial score (nSPS) is 13.6. The van der Waals surface area contributed by atoms with E-state index >= 15 is 0 Å². The molecule has 0 aliphatic heterocycles. The molecule has 0 spiro atoms. The molecule has 2 N–H and O–H groups in total. The van der Waals surface area contributed by atoms with Gasteiger partial charge in [-0.05, 0) is 19.3 Å². The first kappa shape index (κ1) is 14.9. The SMILES string of the molecule is CCCCCC(C)CCNN=C(C)C(=O)O. The van der Waals surface area contributed by atoms with E-state index in [9.17, 15) is 4.79 Å². The molecule has 0 aliphatic rings. The maximum atomic E-state index is 10.4. The lowest BCUT2D eigenvalue weighted by Gasteiger charge is -2.10. The van der Waals surface area contributed by atoms with Gasteiger partial charge in [-0.3, -0.25) is 0 Å². The van der Waals surface area contributed by atoms with Gasteiger partial charge in [0.05, 0.1) is 0 Å². The van der Waals surface area contributed by atoms with Crippen molar-refractivity contribution in [3.63, 3.8) is 0 Å². The molecule has 0 radical (unpaired) electrons. The summed E-state index contributed by atoms with van der Waals surface area (Å²) in [7, 11) is 0. The second kappa shape index (κ2) is 9.19. The summed E-state index contributed by atoms with van der Waals surface area (Å²) in [5.74, 6) is -0.289. The number of hydrogen-bond acceptors (Lipinski definition) is 3. The molecule has 94 valence electrons. The first-order valence-electron chi connectivity index (χ1n) is 6.08. The Labute approximate surface area is 98.1 Å². The molecule has 1 atom stereocenters. The predicted octanol–water partition coefficient (Wildman–Crippen LogP) is 2.64. The monoisotopic (exact) mass is 228 g/mol. The number of carboxylic acids is 1. The summed E-state index contributed by atoms with van der Waals surface area (Å²) in [5.41, 5.74) is 2.90. The van der Waals surface area contributed by atoms with Crippen molar-refractivity contribution in [1.29, 1.82) is 0 Å². The van der Waals surface area contributed by atoms with E-state index in [4.69, 9.17) is 5.11 Å². The molecule has 4 nitrogen and oxygen atoms in total. The second-order valence-corrected chi connectivity index (χ2v) is 4.30. The van der Waals surface area contributed by atoms with E-state index in [1.807, 2.05) is 0 Å². The second-order valence-electron chi connectivity index (χ2n) is 4.30. The lowest BCUT2D eigenvalue weighted by Crippen LogP contribution is -2.17. The summed E-state index contributed by atoms with van der Waals surface area (Å²) >= 11 is 0. The predicted molar refractivity (Wildman–Crippen MR) is 66.7 cm³/mol. The Morgan fingerprint density at radius 2 is 2.06 bits per heavy atom. The number of hydrazone groups is 1. The van der Waals surface area contributed by atoms with Crippen LogP contribution in [0.5, 0.6) is 0 Å². The van der Waals surface area contributed by atoms with Crippen LogP contribution in [0.4, 0.5) is 0 Å². The molecule has 0 aliphatic carbocycles. The van der Waals surface area contributed by atoms with Crippen molar-refractivity contribution >= 4 is 11.7 Å². The number of unbranched alkanes of at least 4 members (excludes halogenated alkanes) is 2. The molecule has 0 amide bonds. The number of nitrogens with zero attached hydrogens (tertiary/aromatic N) is 1. The Morgan fingerprint density at radius 1 is 1.38 bits per heavy atom.